The summed E-state index contributed by atoms with van der Waals surface area (Å²) in [4.78, 5) is 26.3. The number of nitrogens with one attached hydrogen (secondary N) is 1. The van der Waals surface area contributed by atoms with E-state index in [1.807, 2.05) is 11.9 Å². The summed E-state index contributed by atoms with van der Waals surface area (Å²) in [5.41, 5.74) is 1.20. The van der Waals surface area contributed by atoms with Crippen LogP contribution in [0.1, 0.15) is 54.0 Å². The molecule has 0 spiro atoms. The molecule has 1 aromatic rings. The highest BCUT2D eigenvalue weighted by Crippen LogP contribution is 2.18. The van der Waals surface area contributed by atoms with Gasteiger partial charge in [0, 0.05) is 31.4 Å². The van der Waals surface area contributed by atoms with E-state index in [0.29, 0.717) is 17.3 Å². The van der Waals surface area contributed by atoms with Crippen LogP contribution >= 0.6 is 0 Å². The van der Waals surface area contributed by atoms with Crippen LogP contribution in [0.2, 0.25) is 0 Å². The fourth-order valence-electron chi connectivity index (χ4n) is 2.93. The number of nitrogens with zero attached hydrogens (tertiary/aromatic N) is 2. The molecule has 0 unspecified atom stereocenters. The standard InChI is InChI=1S/C16H25N3O2/c1-4-9-19(14-5-7-17-8-6-14)16(21)15-10-13(12(2)20)11-18(15)3/h10-11,14,17H,4-9H2,1-3H3. The van der Waals surface area contributed by atoms with E-state index in [2.05, 4.69) is 12.2 Å². The molecule has 1 saturated heterocycles. The third kappa shape index (κ3) is 3.53. The van der Waals surface area contributed by atoms with Gasteiger partial charge in [0.1, 0.15) is 5.69 Å². The summed E-state index contributed by atoms with van der Waals surface area (Å²) in [5, 5.41) is 3.33. The zero-order chi connectivity index (χ0) is 15.4. The Hall–Kier alpha value is -1.62. The summed E-state index contributed by atoms with van der Waals surface area (Å²) in [6.07, 6.45) is 4.67. The normalized spacial score (nSPS) is 16.0. The van der Waals surface area contributed by atoms with Crippen molar-refractivity contribution in [3.05, 3.63) is 23.5 Å². The molecule has 21 heavy (non-hydrogen) atoms. The zero-order valence-corrected chi connectivity index (χ0v) is 13.2. The third-order valence-electron chi connectivity index (χ3n) is 4.11. The zero-order valence-electron chi connectivity index (χ0n) is 13.2. The van der Waals surface area contributed by atoms with E-state index < -0.39 is 0 Å². The van der Waals surface area contributed by atoms with E-state index in [1.165, 1.54) is 6.92 Å². The summed E-state index contributed by atoms with van der Waals surface area (Å²) in [7, 11) is 1.83. The highest BCUT2D eigenvalue weighted by atomic mass is 16.2. The molecule has 0 atom stereocenters. The summed E-state index contributed by atoms with van der Waals surface area (Å²) in [5.74, 6) is 0.0345. The van der Waals surface area contributed by atoms with Crippen molar-refractivity contribution in [2.75, 3.05) is 19.6 Å². The minimum atomic E-state index is -0.00596. The van der Waals surface area contributed by atoms with Gasteiger partial charge in [-0.05, 0) is 45.3 Å². The second-order valence-electron chi connectivity index (χ2n) is 5.76. The lowest BCUT2D eigenvalue weighted by Gasteiger charge is -2.34. The van der Waals surface area contributed by atoms with E-state index in [0.717, 1.165) is 38.9 Å². The van der Waals surface area contributed by atoms with Gasteiger partial charge >= 0.3 is 0 Å². The fraction of sp³-hybridized carbons (Fsp3) is 0.625. The summed E-state index contributed by atoms with van der Waals surface area (Å²) in [6, 6.07) is 2.02. The van der Waals surface area contributed by atoms with Crippen LogP contribution in [0, 0.1) is 0 Å². The third-order valence-corrected chi connectivity index (χ3v) is 4.11. The van der Waals surface area contributed by atoms with E-state index in [1.54, 1.807) is 16.8 Å². The molecule has 2 rings (SSSR count). The molecule has 0 radical (unpaired) electrons. The van der Waals surface area contributed by atoms with Crippen molar-refractivity contribution in [2.24, 2.45) is 7.05 Å². The minimum absolute atomic E-state index is 0.00596. The maximum atomic E-state index is 12.9. The van der Waals surface area contributed by atoms with Gasteiger partial charge in [-0.2, -0.15) is 0 Å². The van der Waals surface area contributed by atoms with E-state index >= 15 is 0 Å². The van der Waals surface area contributed by atoms with Gasteiger partial charge in [0.25, 0.3) is 5.91 Å². The molecule has 5 nitrogen and oxygen atoms in total. The second-order valence-corrected chi connectivity index (χ2v) is 5.76. The molecular weight excluding hydrogens is 266 g/mol. The van der Waals surface area contributed by atoms with Crippen molar-refractivity contribution in [1.82, 2.24) is 14.8 Å². The maximum absolute atomic E-state index is 12.9. The van der Waals surface area contributed by atoms with Crippen LogP contribution in [0.25, 0.3) is 0 Å². The van der Waals surface area contributed by atoms with E-state index in [4.69, 9.17) is 0 Å². The van der Waals surface area contributed by atoms with Gasteiger partial charge in [-0.1, -0.05) is 6.92 Å². The smallest absolute Gasteiger partial charge is 0.270 e. The number of piperidine rings is 1. The molecule has 0 bridgehead atoms. The molecule has 2 heterocycles. The monoisotopic (exact) mass is 291 g/mol. The first-order valence-corrected chi connectivity index (χ1v) is 7.73. The van der Waals surface area contributed by atoms with Crippen LogP contribution in [-0.2, 0) is 7.05 Å². The molecule has 116 valence electrons. The summed E-state index contributed by atoms with van der Waals surface area (Å²) in [6.45, 7) is 6.31. The highest BCUT2D eigenvalue weighted by molar-refractivity contribution is 5.99. The molecule has 1 amide bonds. The van der Waals surface area contributed by atoms with Gasteiger partial charge in [-0.15, -0.1) is 0 Å². The van der Waals surface area contributed by atoms with Crippen molar-refractivity contribution < 1.29 is 9.59 Å². The van der Waals surface area contributed by atoms with Gasteiger partial charge in [-0.25, -0.2) is 0 Å². The van der Waals surface area contributed by atoms with E-state index in [9.17, 15) is 9.59 Å². The Kier molecular flexibility index (Phi) is 5.17. The van der Waals surface area contributed by atoms with Crippen molar-refractivity contribution in [1.29, 1.82) is 0 Å². The number of rotatable bonds is 5. The Morgan fingerprint density at radius 1 is 1.38 bits per heavy atom. The Bertz CT molecular complexity index is 516. The maximum Gasteiger partial charge on any atom is 0.270 e. The van der Waals surface area contributed by atoms with Gasteiger partial charge in [-0.3, -0.25) is 9.59 Å². The predicted molar refractivity (Wildman–Crippen MR) is 82.6 cm³/mol. The number of carbonyl (C=O) groups is 2. The Morgan fingerprint density at radius 3 is 2.57 bits per heavy atom. The Morgan fingerprint density at radius 2 is 2.05 bits per heavy atom. The Labute approximate surface area is 126 Å². The average molecular weight is 291 g/mol. The quantitative estimate of drug-likeness (QED) is 0.842. The van der Waals surface area contributed by atoms with Crippen molar-refractivity contribution in [2.45, 2.75) is 39.2 Å². The van der Waals surface area contributed by atoms with Crippen LogP contribution in [-0.4, -0.2) is 46.8 Å². The first-order valence-electron chi connectivity index (χ1n) is 7.73. The number of ketones is 1. The number of amides is 1. The molecule has 0 aromatic carbocycles. The highest BCUT2D eigenvalue weighted by Gasteiger charge is 2.27. The molecule has 5 heteroatoms. The number of carbonyl (C=O) groups excluding carboxylic acids is 2. The topological polar surface area (TPSA) is 54.3 Å². The number of aryl methyl sites for hydroxylation is 1. The second kappa shape index (κ2) is 6.89. The number of hydrogen-bond donors (Lipinski definition) is 1. The fourth-order valence-corrected chi connectivity index (χ4v) is 2.93. The molecule has 1 fully saturated rings. The number of aromatic nitrogens is 1. The summed E-state index contributed by atoms with van der Waals surface area (Å²) >= 11 is 0. The summed E-state index contributed by atoms with van der Waals surface area (Å²) < 4.78 is 1.77. The van der Waals surface area contributed by atoms with Crippen molar-refractivity contribution in [3.8, 4) is 0 Å². The van der Waals surface area contributed by atoms with E-state index in [-0.39, 0.29) is 11.7 Å². The van der Waals surface area contributed by atoms with Crippen LogP contribution in [0.4, 0.5) is 0 Å². The number of Topliss-reactive ketones (excluding diaryl/α,β-unsaturated/α-hetero) is 1. The van der Waals surface area contributed by atoms with Crippen molar-refractivity contribution >= 4 is 11.7 Å². The molecule has 1 aliphatic heterocycles. The van der Waals surface area contributed by atoms with Gasteiger partial charge in [0.05, 0.1) is 0 Å². The molecule has 1 aromatic heterocycles. The average Bonchev–Trinajstić information content (AvgIpc) is 2.87. The predicted octanol–water partition coefficient (Wildman–Crippen LogP) is 1.83. The first kappa shape index (κ1) is 15.8. The van der Waals surface area contributed by atoms with Gasteiger partial charge < -0.3 is 14.8 Å². The molecule has 1 aliphatic rings. The van der Waals surface area contributed by atoms with Crippen molar-refractivity contribution in [3.63, 3.8) is 0 Å². The Balaban J connectivity index is 2.23. The lowest BCUT2D eigenvalue weighted by atomic mass is 10.0. The molecule has 0 aliphatic carbocycles. The van der Waals surface area contributed by atoms with Crippen LogP contribution in [0.15, 0.2) is 12.3 Å². The molecule has 1 N–H and O–H groups in total. The number of hydrogen-bond acceptors (Lipinski definition) is 3. The lowest BCUT2D eigenvalue weighted by Crippen LogP contribution is -2.46. The van der Waals surface area contributed by atoms with Gasteiger partial charge in [0.15, 0.2) is 5.78 Å². The molecular formula is C16H25N3O2. The van der Waals surface area contributed by atoms with Crippen LogP contribution in [0.3, 0.4) is 0 Å². The minimum Gasteiger partial charge on any atom is -0.346 e. The largest absolute Gasteiger partial charge is 0.346 e. The SMILES string of the molecule is CCCN(C(=O)c1cc(C(C)=O)cn1C)C1CCNCC1. The van der Waals surface area contributed by atoms with Crippen LogP contribution < -0.4 is 5.32 Å². The van der Waals surface area contributed by atoms with Crippen LogP contribution in [0.5, 0.6) is 0 Å². The van der Waals surface area contributed by atoms with Gasteiger partial charge in [0.2, 0.25) is 0 Å². The first-order chi connectivity index (χ1) is 10.0. The molecule has 0 saturated carbocycles. The lowest BCUT2D eigenvalue weighted by molar-refractivity contribution is 0.0633.